The Balaban J connectivity index is 2.36. The van der Waals surface area contributed by atoms with Gasteiger partial charge in [0.1, 0.15) is 11.2 Å². The smallest absolute Gasteiger partial charge is 0.341 e. The molecule has 146 valence electrons. The maximum absolute atomic E-state index is 13.2. The van der Waals surface area contributed by atoms with Gasteiger partial charge in [0, 0.05) is 11.4 Å². The number of aryl methyl sites for hydroxylation is 2. The summed E-state index contributed by atoms with van der Waals surface area (Å²) in [5.41, 5.74) is 6.59. The van der Waals surface area contributed by atoms with E-state index >= 15 is 0 Å². The van der Waals surface area contributed by atoms with Gasteiger partial charge in [-0.2, -0.15) is 4.98 Å². The predicted molar refractivity (Wildman–Crippen MR) is 102 cm³/mol. The van der Waals surface area contributed by atoms with Crippen molar-refractivity contribution in [2.24, 2.45) is 0 Å². The summed E-state index contributed by atoms with van der Waals surface area (Å²) in [4.78, 5) is 33.8. The molecule has 27 heavy (non-hydrogen) atoms. The van der Waals surface area contributed by atoms with Crippen LogP contribution < -0.4 is 11.3 Å². The molecular weight excluding hydrogens is 348 g/mol. The minimum atomic E-state index is -1.23. The van der Waals surface area contributed by atoms with E-state index in [2.05, 4.69) is 9.97 Å². The number of hydrogen-bond donors (Lipinski definition) is 3. The number of carboxylic acids is 1. The first-order chi connectivity index (χ1) is 12.8. The molecule has 0 aliphatic heterocycles. The van der Waals surface area contributed by atoms with Crippen LogP contribution in [0.25, 0.3) is 11.0 Å². The van der Waals surface area contributed by atoms with E-state index < -0.39 is 11.5 Å². The fourth-order valence-electron chi connectivity index (χ4n) is 4.06. The minimum Gasteiger partial charge on any atom is -0.477 e. The molecular formula is C19H26N4O4. The fourth-order valence-corrected chi connectivity index (χ4v) is 4.06. The van der Waals surface area contributed by atoms with Gasteiger partial charge in [-0.05, 0) is 51.0 Å². The number of pyridine rings is 1. The molecule has 0 spiro atoms. The molecule has 2 aromatic heterocycles. The molecule has 1 aliphatic rings. The van der Waals surface area contributed by atoms with E-state index in [9.17, 15) is 19.8 Å². The Hall–Kier alpha value is -2.48. The van der Waals surface area contributed by atoms with E-state index in [4.69, 9.17) is 5.73 Å². The SMILES string of the molecule is CCCCc1c(C(=O)O)c(=O)n([C@H]2CC[C@H](O)CC2)c2nc(N)nc(C)c12. The highest BCUT2D eigenvalue weighted by Crippen LogP contribution is 2.32. The maximum Gasteiger partial charge on any atom is 0.341 e. The molecule has 0 amide bonds. The first-order valence-corrected chi connectivity index (χ1v) is 9.47. The number of nitrogens with two attached hydrogens (primary N) is 1. The van der Waals surface area contributed by atoms with Crippen LogP contribution in [0.2, 0.25) is 0 Å². The molecule has 8 nitrogen and oxygen atoms in total. The van der Waals surface area contributed by atoms with Crippen molar-refractivity contribution in [1.29, 1.82) is 0 Å². The Morgan fingerprint density at radius 3 is 2.52 bits per heavy atom. The largest absolute Gasteiger partial charge is 0.477 e. The zero-order valence-electron chi connectivity index (χ0n) is 15.7. The van der Waals surface area contributed by atoms with E-state index in [1.807, 2.05) is 6.92 Å². The lowest BCUT2D eigenvalue weighted by molar-refractivity contribution is 0.0691. The number of aromatic carboxylic acids is 1. The van der Waals surface area contributed by atoms with E-state index in [-0.39, 0.29) is 23.7 Å². The van der Waals surface area contributed by atoms with Crippen LogP contribution in [0.4, 0.5) is 5.95 Å². The van der Waals surface area contributed by atoms with E-state index in [0.29, 0.717) is 54.4 Å². The number of anilines is 1. The number of rotatable bonds is 5. The Labute approximate surface area is 157 Å². The van der Waals surface area contributed by atoms with Gasteiger partial charge in [-0.3, -0.25) is 9.36 Å². The molecule has 1 fully saturated rings. The summed E-state index contributed by atoms with van der Waals surface area (Å²) < 4.78 is 1.48. The van der Waals surface area contributed by atoms with Crippen molar-refractivity contribution in [1.82, 2.24) is 14.5 Å². The number of hydrogen-bond acceptors (Lipinski definition) is 6. The number of aliphatic hydroxyl groups is 1. The molecule has 0 unspecified atom stereocenters. The van der Waals surface area contributed by atoms with Crippen molar-refractivity contribution in [3.63, 3.8) is 0 Å². The summed E-state index contributed by atoms with van der Waals surface area (Å²) in [6, 6.07) is -0.213. The van der Waals surface area contributed by atoms with Crippen molar-refractivity contribution in [2.45, 2.75) is 70.9 Å². The van der Waals surface area contributed by atoms with Crippen LogP contribution in [0.5, 0.6) is 0 Å². The number of aliphatic hydroxyl groups excluding tert-OH is 1. The standard InChI is InChI=1S/C19H26N4O4/c1-3-4-5-13-14-10(2)21-19(20)22-16(14)23(17(25)15(13)18(26)27)11-6-8-12(24)9-7-11/h11-12,24H,3-9H2,1-2H3,(H,26,27)(H2,20,21,22)/t11-,12-. The van der Waals surface area contributed by atoms with Crippen LogP contribution >= 0.6 is 0 Å². The zero-order chi connectivity index (χ0) is 19.7. The van der Waals surface area contributed by atoms with Gasteiger partial charge >= 0.3 is 5.97 Å². The number of aromatic nitrogens is 3. The van der Waals surface area contributed by atoms with Gasteiger partial charge in [0.05, 0.1) is 11.8 Å². The van der Waals surface area contributed by atoms with Crippen LogP contribution in [0.3, 0.4) is 0 Å². The lowest BCUT2D eigenvalue weighted by Gasteiger charge is -2.29. The predicted octanol–water partition coefficient (Wildman–Crippen LogP) is 2.20. The zero-order valence-corrected chi connectivity index (χ0v) is 15.7. The third kappa shape index (κ3) is 3.53. The number of nitrogens with zero attached hydrogens (tertiary/aromatic N) is 3. The molecule has 8 heteroatoms. The first kappa shape index (κ1) is 19.3. The van der Waals surface area contributed by atoms with Crippen molar-refractivity contribution in [3.8, 4) is 0 Å². The quantitative estimate of drug-likeness (QED) is 0.731. The van der Waals surface area contributed by atoms with Gasteiger partial charge in [-0.1, -0.05) is 13.3 Å². The Morgan fingerprint density at radius 1 is 1.26 bits per heavy atom. The average molecular weight is 374 g/mol. The van der Waals surface area contributed by atoms with Crippen molar-refractivity contribution < 1.29 is 15.0 Å². The molecule has 4 N–H and O–H groups in total. The van der Waals surface area contributed by atoms with Crippen molar-refractivity contribution in [2.75, 3.05) is 5.73 Å². The van der Waals surface area contributed by atoms with E-state index in [0.717, 1.165) is 12.8 Å². The first-order valence-electron chi connectivity index (χ1n) is 9.47. The highest BCUT2D eigenvalue weighted by Gasteiger charge is 2.29. The maximum atomic E-state index is 13.2. The molecule has 1 saturated carbocycles. The topological polar surface area (TPSA) is 131 Å². The third-order valence-electron chi connectivity index (χ3n) is 5.38. The second-order valence-electron chi connectivity index (χ2n) is 7.27. The minimum absolute atomic E-state index is 0.0634. The summed E-state index contributed by atoms with van der Waals surface area (Å²) in [5, 5.41) is 20.2. The summed E-state index contributed by atoms with van der Waals surface area (Å²) in [6.07, 6.45) is 4.04. The molecule has 0 atom stereocenters. The number of fused-ring (bicyclic) bond motifs is 1. The summed E-state index contributed by atoms with van der Waals surface area (Å²) in [7, 11) is 0. The highest BCUT2D eigenvalue weighted by atomic mass is 16.4. The Morgan fingerprint density at radius 2 is 1.93 bits per heavy atom. The van der Waals surface area contributed by atoms with Crippen LogP contribution in [0.1, 0.15) is 73.1 Å². The molecule has 2 heterocycles. The number of carbonyl (C=O) groups is 1. The van der Waals surface area contributed by atoms with Crippen LogP contribution in [-0.4, -0.2) is 36.8 Å². The Kier molecular flexibility index (Phi) is 5.46. The van der Waals surface area contributed by atoms with Crippen LogP contribution in [-0.2, 0) is 6.42 Å². The van der Waals surface area contributed by atoms with Gasteiger partial charge < -0.3 is 15.9 Å². The highest BCUT2D eigenvalue weighted by molar-refractivity contribution is 5.96. The van der Waals surface area contributed by atoms with Gasteiger partial charge in [0.2, 0.25) is 5.95 Å². The van der Waals surface area contributed by atoms with Crippen LogP contribution in [0.15, 0.2) is 4.79 Å². The fraction of sp³-hybridized carbons (Fsp3) is 0.579. The molecule has 0 aromatic carbocycles. The van der Waals surface area contributed by atoms with Gasteiger partial charge in [-0.25, -0.2) is 9.78 Å². The third-order valence-corrected chi connectivity index (χ3v) is 5.38. The van der Waals surface area contributed by atoms with Gasteiger partial charge in [0.15, 0.2) is 0 Å². The molecule has 0 saturated heterocycles. The molecule has 0 bridgehead atoms. The number of unbranched alkanes of at least 4 members (excludes halogenated alkanes) is 1. The molecule has 2 aromatic rings. The lowest BCUT2D eigenvalue weighted by atomic mass is 9.91. The normalized spacial score (nSPS) is 20.1. The molecule has 1 aliphatic carbocycles. The molecule has 0 radical (unpaired) electrons. The molecule has 3 rings (SSSR count). The monoisotopic (exact) mass is 374 g/mol. The van der Waals surface area contributed by atoms with Gasteiger partial charge in [0.25, 0.3) is 5.56 Å². The van der Waals surface area contributed by atoms with Crippen LogP contribution in [0, 0.1) is 6.92 Å². The second kappa shape index (κ2) is 7.64. The lowest BCUT2D eigenvalue weighted by Crippen LogP contribution is -2.35. The summed E-state index contributed by atoms with van der Waals surface area (Å²) in [6.45, 7) is 3.78. The summed E-state index contributed by atoms with van der Waals surface area (Å²) >= 11 is 0. The number of nitrogen functional groups attached to an aromatic ring is 1. The van der Waals surface area contributed by atoms with Crippen molar-refractivity contribution in [3.05, 3.63) is 27.2 Å². The van der Waals surface area contributed by atoms with Crippen molar-refractivity contribution >= 4 is 23.0 Å². The second-order valence-corrected chi connectivity index (χ2v) is 7.27. The van der Waals surface area contributed by atoms with Gasteiger partial charge in [-0.15, -0.1) is 0 Å². The van der Waals surface area contributed by atoms with E-state index in [1.54, 1.807) is 6.92 Å². The average Bonchev–Trinajstić information content (AvgIpc) is 2.60. The number of carboxylic acid groups (broad SMARTS) is 1. The summed E-state index contributed by atoms with van der Waals surface area (Å²) in [5.74, 6) is -1.16. The van der Waals surface area contributed by atoms with E-state index in [1.165, 1.54) is 4.57 Å². The Bertz CT molecular complexity index is 930.